The standard InChI is InChI=1S/C14H19FO2/c1-10(2)12-6-3-7-13(14(12)15)17-9-11-5-4-8-16-11/h3,6-7,10-11H,4-5,8-9H2,1-2H3/t11-/m0/s1. The van der Waals surface area contributed by atoms with Crippen molar-refractivity contribution in [2.75, 3.05) is 13.2 Å². The summed E-state index contributed by atoms with van der Waals surface area (Å²) < 4.78 is 25.0. The van der Waals surface area contributed by atoms with Crippen LogP contribution in [0.15, 0.2) is 18.2 Å². The second-order valence-corrected chi connectivity index (χ2v) is 4.76. The van der Waals surface area contributed by atoms with E-state index in [0.29, 0.717) is 17.9 Å². The van der Waals surface area contributed by atoms with Gasteiger partial charge in [0.05, 0.1) is 6.10 Å². The van der Waals surface area contributed by atoms with Gasteiger partial charge in [-0.05, 0) is 30.4 Å². The van der Waals surface area contributed by atoms with E-state index in [-0.39, 0.29) is 17.8 Å². The zero-order valence-corrected chi connectivity index (χ0v) is 10.4. The first-order valence-corrected chi connectivity index (χ1v) is 6.21. The summed E-state index contributed by atoms with van der Waals surface area (Å²) in [6.07, 6.45) is 2.20. The van der Waals surface area contributed by atoms with E-state index in [1.54, 1.807) is 12.1 Å². The first-order valence-electron chi connectivity index (χ1n) is 6.21. The summed E-state index contributed by atoms with van der Waals surface area (Å²) >= 11 is 0. The van der Waals surface area contributed by atoms with Gasteiger partial charge in [-0.2, -0.15) is 0 Å². The monoisotopic (exact) mass is 238 g/mol. The Balaban J connectivity index is 2.02. The Bertz CT molecular complexity index is 370. The second kappa shape index (κ2) is 5.50. The molecule has 1 saturated heterocycles. The maximum absolute atomic E-state index is 14.0. The van der Waals surface area contributed by atoms with Gasteiger partial charge in [0.25, 0.3) is 0 Å². The molecule has 0 bridgehead atoms. The van der Waals surface area contributed by atoms with E-state index < -0.39 is 0 Å². The highest BCUT2D eigenvalue weighted by Gasteiger charge is 2.18. The smallest absolute Gasteiger partial charge is 0.168 e. The lowest BCUT2D eigenvalue weighted by molar-refractivity contribution is 0.0665. The highest BCUT2D eigenvalue weighted by molar-refractivity contribution is 5.32. The van der Waals surface area contributed by atoms with Gasteiger partial charge in [-0.1, -0.05) is 26.0 Å². The third-order valence-electron chi connectivity index (χ3n) is 3.06. The molecule has 1 aromatic carbocycles. The van der Waals surface area contributed by atoms with Crippen LogP contribution < -0.4 is 4.74 Å². The van der Waals surface area contributed by atoms with Crippen LogP contribution in [0.5, 0.6) is 5.75 Å². The summed E-state index contributed by atoms with van der Waals surface area (Å²) in [6, 6.07) is 5.32. The fraction of sp³-hybridized carbons (Fsp3) is 0.571. The lowest BCUT2D eigenvalue weighted by Crippen LogP contribution is -2.17. The first kappa shape index (κ1) is 12.4. The molecule has 1 aliphatic rings. The molecular formula is C14H19FO2. The van der Waals surface area contributed by atoms with Crippen LogP contribution in [0.25, 0.3) is 0 Å². The van der Waals surface area contributed by atoms with Gasteiger partial charge in [-0.25, -0.2) is 4.39 Å². The molecule has 0 saturated carbocycles. The van der Waals surface area contributed by atoms with Crippen LogP contribution in [-0.4, -0.2) is 19.3 Å². The molecule has 0 aliphatic carbocycles. The normalized spacial score (nSPS) is 19.9. The highest BCUT2D eigenvalue weighted by Crippen LogP contribution is 2.26. The zero-order chi connectivity index (χ0) is 12.3. The lowest BCUT2D eigenvalue weighted by atomic mass is 10.0. The van der Waals surface area contributed by atoms with E-state index in [2.05, 4.69) is 0 Å². The number of benzene rings is 1. The molecular weight excluding hydrogens is 219 g/mol. The van der Waals surface area contributed by atoms with E-state index in [4.69, 9.17) is 9.47 Å². The molecule has 0 amide bonds. The Morgan fingerprint density at radius 2 is 2.29 bits per heavy atom. The van der Waals surface area contributed by atoms with Gasteiger partial charge in [0.15, 0.2) is 11.6 Å². The van der Waals surface area contributed by atoms with Crippen molar-refractivity contribution in [3.8, 4) is 5.75 Å². The van der Waals surface area contributed by atoms with Crippen LogP contribution in [0, 0.1) is 5.82 Å². The number of halogens is 1. The summed E-state index contributed by atoms with van der Waals surface area (Å²) in [7, 11) is 0. The second-order valence-electron chi connectivity index (χ2n) is 4.76. The van der Waals surface area contributed by atoms with Crippen LogP contribution in [0.3, 0.4) is 0 Å². The predicted octanol–water partition coefficient (Wildman–Crippen LogP) is 3.51. The summed E-state index contributed by atoms with van der Waals surface area (Å²) in [6.45, 7) is 5.19. The molecule has 17 heavy (non-hydrogen) atoms. The molecule has 0 radical (unpaired) electrons. The summed E-state index contributed by atoms with van der Waals surface area (Å²) in [5.74, 6) is 0.272. The summed E-state index contributed by atoms with van der Waals surface area (Å²) in [4.78, 5) is 0. The minimum absolute atomic E-state index is 0.122. The topological polar surface area (TPSA) is 18.5 Å². The average Bonchev–Trinajstić information content (AvgIpc) is 2.80. The van der Waals surface area contributed by atoms with Gasteiger partial charge in [0.1, 0.15) is 6.61 Å². The van der Waals surface area contributed by atoms with E-state index >= 15 is 0 Å². The number of hydrogen-bond acceptors (Lipinski definition) is 2. The fourth-order valence-corrected chi connectivity index (χ4v) is 2.04. The SMILES string of the molecule is CC(C)c1cccc(OC[C@@H]2CCCO2)c1F. The van der Waals surface area contributed by atoms with Crippen LogP contribution >= 0.6 is 0 Å². The Morgan fingerprint density at radius 3 is 2.94 bits per heavy atom. The predicted molar refractivity (Wildman–Crippen MR) is 65.0 cm³/mol. The van der Waals surface area contributed by atoms with Crippen molar-refractivity contribution >= 4 is 0 Å². The fourth-order valence-electron chi connectivity index (χ4n) is 2.04. The third kappa shape index (κ3) is 2.97. The van der Waals surface area contributed by atoms with Crippen LogP contribution in [-0.2, 0) is 4.74 Å². The van der Waals surface area contributed by atoms with E-state index in [0.717, 1.165) is 19.4 Å². The van der Waals surface area contributed by atoms with Gasteiger partial charge in [0.2, 0.25) is 0 Å². The van der Waals surface area contributed by atoms with Gasteiger partial charge in [0, 0.05) is 6.61 Å². The number of rotatable bonds is 4. The Hall–Kier alpha value is -1.09. The number of ether oxygens (including phenoxy) is 2. The van der Waals surface area contributed by atoms with Crippen molar-refractivity contribution in [3.63, 3.8) is 0 Å². The molecule has 0 unspecified atom stereocenters. The molecule has 0 aromatic heterocycles. The molecule has 3 heteroatoms. The molecule has 1 aromatic rings. The largest absolute Gasteiger partial charge is 0.488 e. The molecule has 1 heterocycles. The lowest BCUT2D eigenvalue weighted by Gasteiger charge is -2.14. The van der Waals surface area contributed by atoms with Gasteiger partial charge in [-0.3, -0.25) is 0 Å². The zero-order valence-electron chi connectivity index (χ0n) is 10.4. The van der Waals surface area contributed by atoms with Crippen molar-refractivity contribution < 1.29 is 13.9 Å². The van der Waals surface area contributed by atoms with E-state index in [1.165, 1.54) is 0 Å². The summed E-state index contributed by atoms with van der Waals surface area (Å²) in [5.41, 5.74) is 0.704. The van der Waals surface area contributed by atoms with E-state index in [9.17, 15) is 4.39 Å². The average molecular weight is 238 g/mol. The molecule has 94 valence electrons. The molecule has 2 rings (SSSR count). The highest BCUT2D eigenvalue weighted by atomic mass is 19.1. The molecule has 1 aliphatic heterocycles. The molecule has 1 fully saturated rings. The van der Waals surface area contributed by atoms with Gasteiger partial charge in [-0.15, -0.1) is 0 Å². The first-order chi connectivity index (χ1) is 8.18. The van der Waals surface area contributed by atoms with E-state index in [1.807, 2.05) is 19.9 Å². The third-order valence-corrected chi connectivity index (χ3v) is 3.06. The Kier molecular flexibility index (Phi) is 4.00. The van der Waals surface area contributed by atoms with Crippen molar-refractivity contribution in [2.24, 2.45) is 0 Å². The number of hydrogen-bond donors (Lipinski definition) is 0. The van der Waals surface area contributed by atoms with Crippen LogP contribution in [0.2, 0.25) is 0 Å². The summed E-state index contributed by atoms with van der Waals surface area (Å²) in [5, 5.41) is 0. The minimum atomic E-state index is -0.236. The van der Waals surface area contributed by atoms with Gasteiger partial charge < -0.3 is 9.47 Å². The van der Waals surface area contributed by atoms with Crippen molar-refractivity contribution in [1.29, 1.82) is 0 Å². The molecule has 1 atom stereocenters. The van der Waals surface area contributed by atoms with Crippen molar-refractivity contribution in [3.05, 3.63) is 29.6 Å². The Labute approximate surface area is 102 Å². The van der Waals surface area contributed by atoms with Crippen molar-refractivity contribution in [1.82, 2.24) is 0 Å². The Morgan fingerprint density at radius 1 is 1.47 bits per heavy atom. The van der Waals surface area contributed by atoms with Crippen molar-refractivity contribution in [2.45, 2.75) is 38.7 Å². The molecule has 2 nitrogen and oxygen atoms in total. The van der Waals surface area contributed by atoms with Crippen LogP contribution in [0.1, 0.15) is 38.2 Å². The molecule has 0 spiro atoms. The maximum atomic E-state index is 14.0. The van der Waals surface area contributed by atoms with Crippen LogP contribution in [0.4, 0.5) is 4.39 Å². The molecule has 0 N–H and O–H groups in total. The van der Waals surface area contributed by atoms with Gasteiger partial charge >= 0.3 is 0 Å². The minimum Gasteiger partial charge on any atom is -0.488 e. The quantitative estimate of drug-likeness (QED) is 0.799. The maximum Gasteiger partial charge on any atom is 0.168 e.